The quantitative estimate of drug-likeness (QED) is 0.135. The molecule has 3 rings (SSSR count). The average Bonchev–Trinajstić information content (AvgIpc) is 2.99. The van der Waals surface area contributed by atoms with E-state index >= 15 is 0 Å². The first kappa shape index (κ1) is 32.6. The predicted octanol–water partition coefficient (Wildman–Crippen LogP) is 3.44. The van der Waals surface area contributed by atoms with Gasteiger partial charge in [0.15, 0.2) is 0 Å². The molecule has 0 bridgehead atoms. The summed E-state index contributed by atoms with van der Waals surface area (Å²) in [5.41, 5.74) is 4.00. The Kier molecular flexibility index (Phi) is 13.7. The summed E-state index contributed by atoms with van der Waals surface area (Å²) >= 11 is 0. The number of carboxylic acids is 2. The first-order valence-corrected chi connectivity index (χ1v) is 12.8. The van der Waals surface area contributed by atoms with Gasteiger partial charge in [0.05, 0.1) is 23.8 Å². The minimum atomic E-state index is -2.21. The van der Waals surface area contributed by atoms with E-state index in [1.54, 1.807) is 12.1 Å². The minimum absolute atomic E-state index is 0.0253. The molecule has 41 heavy (non-hydrogen) atoms. The van der Waals surface area contributed by atoms with Gasteiger partial charge >= 0.3 is 23.9 Å². The van der Waals surface area contributed by atoms with Gasteiger partial charge in [-0.2, -0.15) is 0 Å². The van der Waals surface area contributed by atoms with Gasteiger partial charge in [-0.05, 0) is 43.2 Å². The van der Waals surface area contributed by atoms with Gasteiger partial charge in [-0.15, -0.1) is 0 Å². The van der Waals surface area contributed by atoms with Crippen LogP contribution in [0.5, 0.6) is 0 Å². The van der Waals surface area contributed by atoms with E-state index in [0.29, 0.717) is 6.61 Å². The molecule has 3 aromatic carbocycles. The number of benzene rings is 3. The van der Waals surface area contributed by atoms with Crippen LogP contribution in [-0.2, 0) is 30.4 Å². The van der Waals surface area contributed by atoms with Crippen LogP contribution in [0.2, 0.25) is 0 Å². The molecule has 4 unspecified atom stereocenters. The van der Waals surface area contributed by atoms with Crippen LogP contribution in [-0.4, -0.2) is 58.4 Å². The molecule has 11 nitrogen and oxygen atoms in total. The summed E-state index contributed by atoms with van der Waals surface area (Å²) in [6, 6.07) is 25.2. The van der Waals surface area contributed by atoms with E-state index in [2.05, 4.69) is 24.5 Å². The molecule has 0 aromatic heterocycles. The number of hydrazine groups is 1. The van der Waals surface area contributed by atoms with Crippen LogP contribution < -0.4 is 11.3 Å². The Hall–Kier alpha value is -4.58. The Morgan fingerprint density at radius 1 is 0.732 bits per heavy atom. The molecule has 0 aliphatic carbocycles. The van der Waals surface area contributed by atoms with Crippen molar-refractivity contribution in [2.24, 2.45) is 5.84 Å². The van der Waals surface area contributed by atoms with Gasteiger partial charge in [-0.3, -0.25) is 11.3 Å². The van der Waals surface area contributed by atoms with Crippen LogP contribution in [0, 0.1) is 0 Å². The summed E-state index contributed by atoms with van der Waals surface area (Å²) in [6.45, 7) is 4.77. The standard InChI is InChI=1S/C18H14O8.C12H20N2O/c19-15(20)13(25-17(23)11-7-3-1-4-8-11)14(16(21)22)26-18(24)12-9-5-2-6-10-12;1-3-12(14-13)10(2)15-9-11-7-5-4-6-8-11/h1-10,13-14H,(H,19,20)(H,21,22);4-8,10,12,14H,3,9,13H2,1-2H3. The third-order valence-electron chi connectivity index (χ3n) is 5.83. The van der Waals surface area contributed by atoms with Gasteiger partial charge < -0.3 is 24.4 Å². The number of carbonyl (C=O) groups is 4. The second-order valence-electron chi connectivity index (χ2n) is 8.74. The van der Waals surface area contributed by atoms with Crippen LogP contribution in [0.3, 0.4) is 0 Å². The lowest BCUT2D eigenvalue weighted by molar-refractivity contribution is -0.166. The lowest BCUT2D eigenvalue weighted by Crippen LogP contribution is -2.45. The van der Waals surface area contributed by atoms with Crippen molar-refractivity contribution in [1.82, 2.24) is 5.43 Å². The highest BCUT2D eigenvalue weighted by Crippen LogP contribution is 2.13. The summed E-state index contributed by atoms with van der Waals surface area (Å²) in [7, 11) is 0. The summed E-state index contributed by atoms with van der Waals surface area (Å²) in [5.74, 6) is -0.211. The van der Waals surface area contributed by atoms with Crippen molar-refractivity contribution in [2.45, 2.75) is 51.2 Å². The van der Waals surface area contributed by atoms with Crippen molar-refractivity contribution in [2.75, 3.05) is 0 Å². The molecule has 0 fully saturated rings. The maximum Gasteiger partial charge on any atom is 0.349 e. The zero-order valence-electron chi connectivity index (χ0n) is 22.7. The number of carbonyl (C=O) groups excluding carboxylic acids is 2. The van der Waals surface area contributed by atoms with Crippen molar-refractivity contribution >= 4 is 23.9 Å². The Balaban J connectivity index is 0.000000333. The third-order valence-corrected chi connectivity index (χ3v) is 5.83. The van der Waals surface area contributed by atoms with Crippen LogP contribution in [0.25, 0.3) is 0 Å². The molecule has 3 aromatic rings. The monoisotopic (exact) mass is 566 g/mol. The van der Waals surface area contributed by atoms with Crippen molar-refractivity contribution in [3.05, 3.63) is 108 Å². The first-order valence-electron chi connectivity index (χ1n) is 12.8. The van der Waals surface area contributed by atoms with E-state index in [1.165, 1.54) is 54.1 Å². The summed E-state index contributed by atoms with van der Waals surface area (Å²) in [4.78, 5) is 46.8. The molecule has 0 saturated carbocycles. The van der Waals surface area contributed by atoms with Crippen LogP contribution in [0.15, 0.2) is 91.0 Å². The zero-order valence-corrected chi connectivity index (χ0v) is 22.7. The SMILES string of the molecule is CCC(NN)C(C)OCc1ccccc1.O=C(OC(C(=O)O)C(OC(=O)c1ccccc1)C(=O)O)c1ccccc1. The molecule has 0 heterocycles. The number of hydrogen-bond donors (Lipinski definition) is 4. The van der Waals surface area contributed by atoms with Crippen molar-refractivity contribution in [3.63, 3.8) is 0 Å². The highest BCUT2D eigenvalue weighted by atomic mass is 16.6. The fourth-order valence-corrected chi connectivity index (χ4v) is 3.50. The second kappa shape index (κ2) is 17.2. The van der Waals surface area contributed by atoms with Gasteiger partial charge in [0.1, 0.15) is 0 Å². The summed E-state index contributed by atoms with van der Waals surface area (Å²) in [6.07, 6.45) is -3.34. The fraction of sp³-hybridized carbons (Fsp3) is 0.267. The number of rotatable bonds is 13. The van der Waals surface area contributed by atoms with Crippen LogP contribution in [0.1, 0.15) is 46.5 Å². The number of ether oxygens (including phenoxy) is 3. The van der Waals surface area contributed by atoms with Gasteiger partial charge in [-0.1, -0.05) is 73.7 Å². The normalized spacial score (nSPS) is 13.3. The third kappa shape index (κ3) is 10.8. The molecule has 218 valence electrons. The van der Waals surface area contributed by atoms with Crippen molar-refractivity contribution < 1.29 is 43.6 Å². The Labute approximate surface area is 237 Å². The number of nitrogens with two attached hydrogens (primary N) is 1. The van der Waals surface area contributed by atoms with E-state index < -0.39 is 36.1 Å². The number of carboxylic acid groups (broad SMARTS) is 2. The van der Waals surface area contributed by atoms with E-state index in [-0.39, 0.29) is 23.3 Å². The molecule has 0 saturated heterocycles. The van der Waals surface area contributed by atoms with E-state index in [0.717, 1.165) is 6.42 Å². The van der Waals surface area contributed by atoms with Crippen molar-refractivity contribution in [1.29, 1.82) is 0 Å². The smallest absolute Gasteiger partial charge is 0.349 e. The fourth-order valence-electron chi connectivity index (χ4n) is 3.50. The molecule has 0 spiro atoms. The van der Waals surface area contributed by atoms with E-state index in [9.17, 15) is 29.4 Å². The molecular formula is C30H34N2O9. The molecule has 0 aliphatic rings. The van der Waals surface area contributed by atoms with E-state index in [4.69, 9.17) is 20.1 Å². The van der Waals surface area contributed by atoms with Crippen molar-refractivity contribution in [3.8, 4) is 0 Å². The Morgan fingerprint density at radius 2 is 1.12 bits per heavy atom. The molecule has 0 aliphatic heterocycles. The van der Waals surface area contributed by atoms with Crippen LogP contribution in [0.4, 0.5) is 0 Å². The van der Waals surface area contributed by atoms with Gasteiger partial charge in [-0.25, -0.2) is 19.2 Å². The number of nitrogens with one attached hydrogen (secondary N) is 1. The number of esters is 2. The predicted molar refractivity (Wildman–Crippen MR) is 149 cm³/mol. The average molecular weight is 567 g/mol. The van der Waals surface area contributed by atoms with Gasteiger partial charge in [0.25, 0.3) is 0 Å². The zero-order chi connectivity index (χ0) is 30.2. The maximum absolute atomic E-state index is 12.0. The Morgan fingerprint density at radius 3 is 1.46 bits per heavy atom. The van der Waals surface area contributed by atoms with E-state index in [1.807, 2.05) is 25.1 Å². The summed E-state index contributed by atoms with van der Waals surface area (Å²) in [5, 5.41) is 18.5. The second-order valence-corrected chi connectivity index (χ2v) is 8.74. The molecule has 0 amide bonds. The molecule has 11 heteroatoms. The molecular weight excluding hydrogens is 532 g/mol. The number of aliphatic carboxylic acids is 2. The Bertz CT molecular complexity index is 1170. The highest BCUT2D eigenvalue weighted by molar-refractivity contribution is 5.95. The molecule has 4 atom stereocenters. The minimum Gasteiger partial charge on any atom is -0.478 e. The molecule has 0 radical (unpaired) electrons. The largest absolute Gasteiger partial charge is 0.478 e. The topological polar surface area (TPSA) is 174 Å². The maximum atomic E-state index is 12.0. The molecule has 5 N–H and O–H groups in total. The number of hydrogen-bond acceptors (Lipinski definition) is 9. The summed E-state index contributed by atoms with van der Waals surface area (Å²) < 4.78 is 15.3. The highest BCUT2D eigenvalue weighted by Gasteiger charge is 2.41. The van der Waals surface area contributed by atoms with Gasteiger partial charge in [0, 0.05) is 6.04 Å². The lowest BCUT2D eigenvalue weighted by Gasteiger charge is -2.22. The first-order chi connectivity index (χ1) is 19.7. The van der Waals surface area contributed by atoms with Crippen LogP contribution >= 0.6 is 0 Å². The van der Waals surface area contributed by atoms with Gasteiger partial charge in [0.2, 0.25) is 12.2 Å². The lowest BCUT2D eigenvalue weighted by atomic mass is 10.1.